The lowest BCUT2D eigenvalue weighted by atomic mass is 10.0. The van der Waals surface area contributed by atoms with Crippen molar-refractivity contribution in [2.24, 2.45) is 5.16 Å². The van der Waals surface area contributed by atoms with Crippen LogP contribution in [0, 0.1) is 0 Å². The Balaban J connectivity index is 3.21. The van der Waals surface area contributed by atoms with E-state index in [2.05, 4.69) is 14.7 Å². The van der Waals surface area contributed by atoms with Crippen molar-refractivity contribution < 1.29 is 14.4 Å². The van der Waals surface area contributed by atoms with Crippen LogP contribution in [0.1, 0.15) is 11.1 Å². The van der Waals surface area contributed by atoms with Crippen molar-refractivity contribution in [1.29, 1.82) is 0 Å². The Morgan fingerprint density at radius 1 is 1.38 bits per heavy atom. The zero-order chi connectivity index (χ0) is 12.0. The van der Waals surface area contributed by atoms with E-state index < -0.39 is 5.97 Å². The van der Waals surface area contributed by atoms with Crippen molar-refractivity contribution in [3.63, 3.8) is 0 Å². The fourth-order valence-corrected chi connectivity index (χ4v) is 1.49. The van der Waals surface area contributed by atoms with Gasteiger partial charge in [-0.2, -0.15) is 0 Å². The quantitative estimate of drug-likeness (QED) is 0.350. The predicted octanol–water partition coefficient (Wildman–Crippen LogP) is 1.95. The number of rotatable bonds is 4. The van der Waals surface area contributed by atoms with Crippen molar-refractivity contribution in [2.45, 2.75) is 5.88 Å². The molecule has 1 aromatic rings. The molecule has 1 rings (SSSR count). The summed E-state index contributed by atoms with van der Waals surface area (Å²) in [5.74, 6) is -0.268. The van der Waals surface area contributed by atoms with Gasteiger partial charge in [-0.25, -0.2) is 4.79 Å². The molecule has 0 heterocycles. The summed E-state index contributed by atoms with van der Waals surface area (Å²) in [4.78, 5) is 16.1. The maximum atomic E-state index is 11.5. The zero-order valence-corrected chi connectivity index (χ0v) is 9.82. The summed E-state index contributed by atoms with van der Waals surface area (Å²) in [6, 6.07) is 7.19. The van der Waals surface area contributed by atoms with Crippen LogP contribution < -0.4 is 0 Å². The van der Waals surface area contributed by atoms with E-state index in [1.165, 1.54) is 14.2 Å². The van der Waals surface area contributed by atoms with Gasteiger partial charge in [0.05, 0.1) is 7.11 Å². The lowest BCUT2D eigenvalue weighted by Crippen LogP contribution is -2.19. The van der Waals surface area contributed by atoms with E-state index in [-0.39, 0.29) is 11.6 Å². The number of hydrogen-bond donors (Lipinski definition) is 0. The molecule has 0 aromatic heterocycles. The van der Waals surface area contributed by atoms with Gasteiger partial charge in [-0.1, -0.05) is 29.4 Å². The number of methoxy groups -OCH3 is 1. The molecule has 0 fully saturated rings. The van der Waals surface area contributed by atoms with Crippen LogP contribution >= 0.6 is 11.6 Å². The molecule has 0 spiro atoms. The molecule has 86 valence electrons. The van der Waals surface area contributed by atoms with Crippen LogP contribution in [0.25, 0.3) is 0 Å². The van der Waals surface area contributed by atoms with Crippen molar-refractivity contribution >= 4 is 23.3 Å². The Labute approximate surface area is 98.8 Å². The highest BCUT2D eigenvalue weighted by Gasteiger charge is 2.18. The second-order valence-electron chi connectivity index (χ2n) is 2.90. The van der Waals surface area contributed by atoms with Crippen LogP contribution in [0.5, 0.6) is 0 Å². The average molecular weight is 242 g/mol. The molecule has 0 saturated carbocycles. The molecule has 1 aromatic carbocycles. The highest BCUT2D eigenvalue weighted by atomic mass is 35.5. The molecule has 0 saturated heterocycles. The van der Waals surface area contributed by atoms with E-state index >= 15 is 0 Å². The average Bonchev–Trinajstić information content (AvgIpc) is 2.35. The third kappa shape index (κ3) is 2.73. The summed E-state index contributed by atoms with van der Waals surface area (Å²) in [6.45, 7) is 0. The van der Waals surface area contributed by atoms with Gasteiger partial charge in [0.15, 0.2) is 5.71 Å². The number of nitrogens with zero attached hydrogens (tertiary/aromatic N) is 1. The van der Waals surface area contributed by atoms with Gasteiger partial charge in [0.25, 0.3) is 0 Å². The Morgan fingerprint density at radius 2 is 2.06 bits per heavy atom. The third-order valence-corrected chi connectivity index (χ3v) is 2.27. The van der Waals surface area contributed by atoms with Gasteiger partial charge in [-0.3, -0.25) is 0 Å². The summed E-state index contributed by atoms with van der Waals surface area (Å²) in [6.07, 6.45) is 0. The summed E-state index contributed by atoms with van der Waals surface area (Å²) in [7, 11) is 2.66. The lowest BCUT2D eigenvalue weighted by molar-refractivity contribution is -0.132. The number of carbonyl (C=O) groups excluding carboxylic acids is 1. The number of oxime groups is 1. The first-order valence-electron chi connectivity index (χ1n) is 4.58. The molecule has 0 atom stereocenters. The maximum Gasteiger partial charge on any atom is 0.360 e. The number of alkyl halides is 1. The SMILES string of the molecule is CON=C(C(=O)OC)c1ccccc1CCl. The first-order valence-corrected chi connectivity index (χ1v) is 5.11. The second kappa shape index (κ2) is 6.12. The minimum Gasteiger partial charge on any atom is -0.464 e. The largest absolute Gasteiger partial charge is 0.464 e. The molecular formula is C11H12ClNO3. The Bertz CT molecular complexity index is 404. The molecule has 0 aliphatic carbocycles. The van der Waals surface area contributed by atoms with Crippen LogP contribution in [0.15, 0.2) is 29.4 Å². The summed E-state index contributed by atoms with van der Waals surface area (Å²) >= 11 is 5.78. The van der Waals surface area contributed by atoms with Gasteiger partial charge in [0.2, 0.25) is 0 Å². The van der Waals surface area contributed by atoms with Crippen molar-refractivity contribution in [1.82, 2.24) is 0 Å². The van der Waals surface area contributed by atoms with Crippen molar-refractivity contribution in [3.05, 3.63) is 35.4 Å². The van der Waals surface area contributed by atoms with Gasteiger partial charge in [-0.15, -0.1) is 11.6 Å². The fourth-order valence-electron chi connectivity index (χ4n) is 1.25. The highest BCUT2D eigenvalue weighted by Crippen LogP contribution is 2.13. The Kier molecular flexibility index (Phi) is 4.79. The number of halogens is 1. The fraction of sp³-hybridized carbons (Fsp3) is 0.273. The zero-order valence-electron chi connectivity index (χ0n) is 9.07. The molecule has 5 heteroatoms. The highest BCUT2D eigenvalue weighted by molar-refractivity contribution is 6.43. The molecule has 0 N–H and O–H groups in total. The van der Waals surface area contributed by atoms with Crippen molar-refractivity contribution in [2.75, 3.05) is 14.2 Å². The smallest absolute Gasteiger partial charge is 0.360 e. The van der Waals surface area contributed by atoms with Gasteiger partial charge >= 0.3 is 5.97 Å². The van der Waals surface area contributed by atoms with Crippen molar-refractivity contribution in [3.8, 4) is 0 Å². The van der Waals surface area contributed by atoms with E-state index in [4.69, 9.17) is 11.6 Å². The molecule has 16 heavy (non-hydrogen) atoms. The third-order valence-electron chi connectivity index (χ3n) is 1.98. The van der Waals surface area contributed by atoms with E-state index in [0.717, 1.165) is 5.56 Å². The minimum atomic E-state index is -0.556. The molecule has 4 nitrogen and oxygen atoms in total. The Hall–Kier alpha value is -1.55. The predicted molar refractivity (Wildman–Crippen MR) is 61.6 cm³/mol. The molecule has 0 unspecified atom stereocenters. The lowest BCUT2D eigenvalue weighted by Gasteiger charge is -2.07. The molecule has 0 bridgehead atoms. The normalized spacial score (nSPS) is 11.1. The molecular weight excluding hydrogens is 230 g/mol. The number of hydrogen-bond acceptors (Lipinski definition) is 4. The first-order chi connectivity index (χ1) is 7.74. The summed E-state index contributed by atoms with van der Waals surface area (Å²) < 4.78 is 4.63. The van der Waals surface area contributed by atoms with Crippen LogP contribution in [-0.2, 0) is 20.2 Å². The van der Waals surface area contributed by atoms with Crippen LogP contribution in [0.3, 0.4) is 0 Å². The monoisotopic (exact) mass is 241 g/mol. The van der Waals surface area contributed by atoms with Gasteiger partial charge in [0.1, 0.15) is 7.11 Å². The van der Waals surface area contributed by atoms with E-state index in [1.807, 2.05) is 12.1 Å². The van der Waals surface area contributed by atoms with E-state index in [1.54, 1.807) is 12.1 Å². The molecule has 0 amide bonds. The van der Waals surface area contributed by atoms with Crippen LogP contribution in [0.2, 0.25) is 0 Å². The molecule has 0 aliphatic rings. The minimum absolute atomic E-state index is 0.112. The van der Waals surface area contributed by atoms with E-state index in [9.17, 15) is 4.79 Å². The van der Waals surface area contributed by atoms with Gasteiger partial charge in [0, 0.05) is 11.4 Å². The molecule has 0 radical (unpaired) electrons. The van der Waals surface area contributed by atoms with Crippen LogP contribution in [-0.4, -0.2) is 25.9 Å². The number of benzene rings is 1. The van der Waals surface area contributed by atoms with Crippen LogP contribution in [0.4, 0.5) is 0 Å². The number of ether oxygens (including phenoxy) is 1. The standard InChI is InChI=1S/C11H12ClNO3/c1-15-11(14)10(13-16-2)9-6-4-3-5-8(9)7-12/h3-6H,7H2,1-2H3. The second-order valence-corrected chi connectivity index (χ2v) is 3.17. The Morgan fingerprint density at radius 3 is 2.62 bits per heavy atom. The first kappa shape index (κ1) is 12.5. The van der Waals surface area contributed by atoms with E-state index in [0.29, 0.717) is 5.56 Å². The maximum absolute atomic E-state index is 11.5. The summed E-state index contributed by atoms with van der Waals surface area (Å²) in [5, 5.41) is 3.66. The van der Waals surface area contributed by atoms with Gasteiger partial charge < -0.3 is 9.57 Å². The topological polar surface area (TPSA) is 47.9 Å². The number of carbonyl (C=O) groups is 1. The number of esters is 1. The molecule has 0 aliphatic heterocycles. The van der Waals surface area contributed by atoms with Gasteiger partial charge in [-0.05, 0) is 5.56 Å². The summed E-state index contributed by atoms with van der Waals surface area (Å²) in [5.41, 5.74) is 1.53.